The van der Waals surface area contributed by atoms with Crippen LogP contribution < -0.4 is 0 Å². The van der Waals surface area contributed by atoms with E-state index >= 15 is 0 Å². The van der Waals surface area contributed by atoms with Crippen molar-refractivity contribution < 1.29 is 4.79 Å². The maximum atomic E-state index is 10.9. The zero-order valence-corrected chi connectivity index (χ0v) is 10.9. The highest BCUT2D eigenvalue weighted by Gasteiger charge is 2.19. The minimum absolute atomic E-state index is 0.000185. The van der Waals surface area contributed by atoms with Crippen LogP contribution >= 0.6 is 0 Å². The molecule has 2 heteroatoms. The summed E-state index contributed by atoms with van der Waals surface area (Å²) in [6.07, 6.45) is 4.17. The lowest BCUT2D eigenvalue weighted by molar-refractivity contribution is 0.183. The third-order valence-electron chi connectivity index (χ3n) is 2.34. The Labute approximate surface area is 95.0 Å². The smallest absolute Gasteiger partial charge is 0.217 e. The summed E-state index contributed by atoms with van der Waals surface area (Å²) in [6, 6.07) is -0.000185. The fourth-order valence-corrected chi connectivity index (χ4v) is 1.86. The summed E-state index contributed by atoms with van der Waals surface area (Å²) in [5.41, 5.74) is 0. The lowest BCUT2D eigenvalue weighted by atomic mass is 10.1. The highest BCUT2D eigenvalue weighted by atomic mass is 16.1. The summed E-state index contributed by atoms with van der Waals surface area (Å²) in [5.74, 6) is 1.22. The van der Waals surface area contributed by atoms with E-state index < -0.39 is 0 Å². The van der Waals surface area contributed by atoms with Crippen LogP contribution in [0.1, 0.15) is 47.5 Å². The average molecular weight is 212 g/mol. The third kappa shape index (κ3) is 6.67. The molecule has 0 aliphatic carbocycles. The first-order valence-electron chi connectivity index (χ1n) is 6.12. The number of carbonyl (C=O) groups excluding carboxylic acids is 1. The van der Waals surface area contributed by atoms with Gasteiger partial charge in [0.05, 0.1) is 6.04 Å². The highest BCUT2D eigenvalue weighted by molar-refractivity contribution is 5.58. The number of hydrogen-bond donors (Lipinski definition) is 0. The van der Waals surface area contributed by atoms with E-state index in [9.17, 15) is 4.79 Å². The Morgan fingerprint density at radius 2 is 1.53 bits per heavy atom. The molecule has 1 unspecified atom stereocenters. The molecule has 0 rings (SSSR count). The second-order valence-corrected chi connectivity index (χ2v) is 5.16. The average Bonchev–Trinajstić information content (AvgIpc) is 2.11. The van der Waals surface area contributed by atoms with Crippen molar-refractivity contribution in [3.8, 4) is 0 Å². The molecular weight excluding hydrogens is 186 g/mol. The van der Waals surface area contributed by atoms with E-state index in [4.69, 9.17) is 0 Å². The summed E-state index contributed by atoms with van der Waals surface area (Å²) < 4.78 is 0. The standard InChI is InChI=1S/C13H26NO/c1-6-7-13(10-15)14(8-11(2)3)9-12(4)5/h11-13H,6-9H2,1-5H3. The van der Waals surface area contributed by atoms with Crippen molar-refractivity contribution in [3.05, 3.63) is 0 Å². The van der Waals surface area contributed by atoms with Gasteiger partial charge in [0.15, 0.2) is 0 Å². The molecule has 0 aliphatic rings. The summed E-state index contributed by atoms with van der Waals surface area (Å²) >= 11 is 0. The van der Waals surface area contributed by atoms with Crippen molar-refractivity contribution in [3.63, 3.8) is 0 Å². The Balaban J connectivity index is 4.35. The summed E-state index contributed by atoms with van der Waals surface area (Å²) in [4.78, 5) is 13.2. The van der Waals surface area contributed by atoms with Crippen LogP contribution in [-0.4, -0.2) is 30.3 Å². The predicted octanol–water partition coefficient (Wildman–Crippen LogP) is 2.88. The first-order valence-corrected chi connectivity index (χ1v) is 6.12. The second-order valence-electron chi connectivity index (χ2n) is 5.16. The van der Waals surface area contributed by atoms with Crippen molar-refractivity contribution in [1.29, 1.82) is 0 Å². The van der Waals surface area contributed by atoms with Gasteiger partial charge in [0.2, 0.25) is 6.29 Å². The zero-order chi connectivity index (χ0) is 11.8. The molecule has 0 aromatic rings. The summed E-state index contributed by atoms with van der Waals surface area (Å²) in [7, 11) is 0. The van der Waals surface area contributed by atoms with Crippen LogP contribution in [0.2, 0.25) is 0 Å². The summed E-state index contributed by atoms with van der Waals surface area (Å²) in [5, 5.41) is 0. The number of nitrogens with zero attached hydrogens (tertiary/aromatic N) is 1. The first-order chi connectivity index (χ1) is 7.01. The van der Waals surface area contributed by atoms with Gasteiger partial charge in [0, 0.05) is 13.1 Å². The monoisotopic (exact) mass is 212 g/mol. The van der Waals surface area contributed by atoms with Gasteiger partial charge in [0.25, 0.3) is 0 Å². The molecule has 1 atom stereocenters. The maximum Gasteiger partial charge on any atom is 0.217 e. The van der Waals surface area contributed by atoms with Gasteiger partial charge >= 0.3 is 0 Å². The minimum Gasteiger partial charge on any atom is -0.293 e. The fourth-order valence-electron chi connectivity index (χ4n) is 1.86. The van der Waals surface area contributed by atoms with Crippen LogP contribution in [-0.2, 0) is 4.79 Å². The fraction of sp³-hybridized carbons (Fsp3) is 0.923. The van der Waals surface area contributed by atoms with Crippen LogP contribution in [0.3, 0.4) is 0 Å². The number of rotatable bonds is 8. The van der Waals surface area contributed by atoms with Crippen molar-refractivity contribution in [2.24, 2.45) is 11.8 Å². The van der Waals surface area contributed by atoms with E-state index in [1.165, 1.54) is 0 Å². The molecule has 0 spiro atoms. The Morgan fingerprint density at radius 1 is 1.07 bits per heavy atom. The zero-order valence-electron chi connectivity index (χ0n) is 10.9. The lowest BCUT2D eigenvalue weighted by Crippen LogP contribution is -2.41. The van der Waals surface area contributed by atoms with Gasteiger partial charge in [-0.3, -0.25) is 9.69 Å². The van der Waals surface area contributed by atoms with Crippen LogP contribution in [0.15, 0.2) is 0 Å². The van der Waals surface area contributed by atoms with E-state index in [-0.39, 0.29) is 6.04 Å². The Kier molecular flexibility index (Phi) is 7.67. The molecule has 0 N–H and O–H groups in total. The van der Waals surface area contributed by atoms with Gasteiger partial charge in [-0.25, -0.2) is 0 Å². The van der Waals surface area contributed by atoms with Gasteiger partial charge in [-0.05, 0) is 18.3 Å². The van der Waals surface area contributed by atoms with Gasteiger partial charge in [0.1, 0.15) is 0 Å². The van der Waals surface area contributed by atoms with Crippen LogP contribution in [0.4, 0.5) is 0 Å². The molecule has 0 aromatic carbocycles. The normalized spacial score (nSPS) is 13.9. The topological polar surface area (TPSA) is 20.3 Å². The molecule has 0 bridgehead atoms. The molecule has 0 aliphatic heterocycles. The molecule has 89 valence electrons. The predicted molar refractivity (Wildman–Crippen MR) is 65.6 cm³/mol. The molecule has 0 heterocycles. The van der Waals surface area contributed by atoms with Crippen molar-refractivity contribution in [1.82, 2.24) is 4.90 Å². The van der Waals surface area contributed by atoms with E-state index in [1.54, 1.807) is 0 Å². The molecule has 15 heavy (non-hydrogen) atoms. The summed E-state index contributed by atoms with van der Waals surface area (Å²) in [6.45, 7) is 12.9. The Morgan fingerprint density at radius 3 is 1.80 bits per heavy atom. The molecule has 1 radical (unpaired) electrons. The molecule has 0 saturated heterocycles. The largest absolute Gasteiger partial charge is 0.293 e. The molecule has 0 amide bonds. The molecular formula is C13H26NO. The van der Waals surface area contributed by atoms with E-state index in [0.29, 0.717) is 11.8 Å². The molecule has 2 nitrogen and oxygen atoms in total. The van der Waals surface area contributed by atoms with E-state index in [1.807, 2.05) is 0 Å². The van der Waals surface area contributed by atoms with Crippen LogP contribution in [0.5, 0.6) is 0 Å². The van der Waals surface area contributed by atoms with Gasteiger partial charge in [-0.15, -0.1) is 0 Å². The van der Waals surface area contributed by atoms with Gasteiger partial charge in [-0.2, -0.15) is 0 Å². The van der Waals surface area contributed by atoms with Crippen molar-refractivity contribution in [2.75, 3.05) is 13.1 Å². The first kappa shape index (κ1) is 14.6. The Bertz CT molecular complexity index is 156. The molecule has 0 aromatic heterocycles. The van der Waals surface area contributed by atoms with Crippen LogP contribution in [0, 0.1) is 11.8 Å². The quantitative estimate of drug-likeness (QED) is 0.616. The lowest BCUT2D eigenvalue weighted by Gasteiger charge is -2.30. The highest BCUT2D eigenvalue weighted by Crippen LogP contribution is 2.11. The molecule has 0 saturated carbocycles. The van der Waals surface area contributed by atoms with E-state index in [2.05, 4.69) is 45.8 Å². The minimum atomic E-state index is -0.000185. The van der Waals surface area contributed by atoms with E-state index in [0.717, 1.165) is 25.9 Å². The van der Waals surface area contributed by atoms with Crippen LogP contribution in [0.25, 0.3) is 0 Å². The van der Waals surface area contributed by atoms with Gasteiger partial charge in [-0.1, -0.05) is 41.0 Å². The number of hydrogen-bond acceptors (Lipinski definition) is 2. The van der Waals surface area contributed by atoms with Crippen molar-refractivity contribution >= 4 is 6.29 Å². The second kappa shape index (κ2) is 7.86. The Hall–Kier alpha value is -0.370. The third-order valence-corrected chi connectivity index (χ3v) is 2.34. The van der Waals surface area contributed by atoms with Crippen molar-refractivity contribution in [2.45, 2.75) is 53.5 Å². The maximum absolute atomic E-state index is 10.9. The SMILES string of the molecule is CCCC([C]=O)N(CC(C)C)CC(C)C. The van der Waals surface area contributed by atoms with Gasteiger partial charge < -0.3 is 0 Å². The molecule has 0 fully saturated rings.